The van der Waals surface area contributed by atoms with Crippen LogP contribution in [0.15, 0.2) is 0 Å². The lowest BCUT2D eigenvalue weighted by Crippen LogP contribution is -2.74. The Morgan fingerprint density at radius 2 is 0.626 bits per heavy atom. The number of hydrogen-bond acceptors (Lipinski definition) is 41. The van der Waals surface area contributed by atoms with Crippen LogP contribution in [0.3, 0.4) is 0 Å². The Kier molecular flexibility index (Phi) is 30.5. The quantitative estimate of drug-likeness (QED) is 0.0259. The fourth-order valence-electron chi connectivity index (χ4n) is 11.3. The highest BCUT2D eigenvalue weighted by molar-refractivity contribution is 7.82. The lowest BCUT2D eigenvalue weighted by Gasteiger charge is -2.54. The summed E-state index contributed by atoms with van der Waals surface area (Å²) in [6, 6.07) is 0. The second-order valence-electron chi connectivity index (χ2n) is 20.8. The summed E-state index contributed by atoms with van der Waals surface area (Å²) < 4.78 is 378. The molecule has 0 unspecified atom stereocenters. The second-order valence-corrected chi connectivity index (χ2v) is 28.3. The van der Waals surface area contributed by atoms with E-state index >= 15 is 0 Å². The summed E-state index contributed by atoms with van der Waals surface area (Å²) in [5.74, 6) is -4.36. The Morgan fingerprint density at radius 1 is 0.333 bits per heavy atom. The average Bonchev–Trinajstić information content (AvgIpc) is 0.739. The van der Waals surface area contributed by atoms with Gasteiger partial charge in [-0.25, -0.2) is 38.9 Å². The molecule has 0 amide bonds. The van der Waals surface area contributed by atoms with E-state index in [0.717, 1.165) is 56.7 Å². The molecule has 5 fully saturated rings. The lowest BCUT2D eigenvalue weighted by atomic mass is 9.83. The highest BCUT2D eigenvalue weighted by Crippen LogP contribution is 2.45. The third-order valence-corrected chi connectivity index (χ3v) is 18.3. The summed E-state index contributed by atoms with van der Waals surface area (Å²) >= 11 is 0. The van der Waals surface area contributed by atoms with Crippen LogP contribution in [0.1, 0.15) is 13.3 Å². The normalized spacial score (nSPS) is 37.8. The molecule has 582 valence electrons. The Labute approximate surface area is 563 Å². The molecule has 0 aromatic rings. The van der Waals surface area contributed by atoms with Crippen molar-refractivity contribution in [2.45, 2.75) is 166 Å². The van der Waals surface area contributed by atoms with Crippen molar-refractivity contribution in [3.8, 4) is 0 Å². The first-order valence-electron chi connectivity index (χ1n) is 27.2. The van der Waals surface area contributed by atoms with Crippen molar-refractivity contribution in [3.05, 3.63) is 0 Å². The first kappa shape index (κ1) is 86.9. The van der Waals surface area contributed by atoms with Crippen LogP contribution >= 0.6 is 0 Å². The average molecular weight is 1600 g/mol. The van der Waals surface area contributed by atoms with Crippen molar-refractivity contribution < 1.29 is 225 Å². The maximum absolute atomic E-state index is 14.0. The summed E-state index contributed by atoms with van der Waals surface area (Å²) in [5.41, 5.74) is -6.48. The van der Waals surface area contributed by atoms with Gasteiger partial charge in [-0.05, 0) is 6.42 Å². The molecule has 5 aliphatic rings. The molecule has 25 atom stereocenters. The molecule has 0 aromatic carbocycles. The molecule has 5 saturated heterocycles. The predicted molar refractivity (Wildman–Crippen MR) is 299 cm³/mol. The van der Waals surface area contributed by atoms with Gasteiger partial charge in [-0.1, -0.05) is 6.92 Å². The molecule has 50 nitrogen and oxygen atoms in total. The summed E-state index contributed by atoms with van der Waals surface area (Å²) in [6.45, 7) is -4.72. The fraction of sp³-hybridized carbons (Fsp3) is 0.952. The molecular weight excluding hydrogens is 1530 g/mol. The van der Waals surface area contributed by atoms with Crippen LogP contribution in [0.25, 0.3) is 0 Å². The zero-order valence-electron chi connectivity index (χ0n) is 52.4. The Bertz CT molecular complexity index is 3510. The number of carboxylic acid groups (broad SMARTS) is 2. The minimum absolute atomic E-state index is 0.701. The van der Waals surface area contributed by atoms with E-state index < -0.39 is 270 Å². The van der Waals surface area contributed by atoms with Gasteiger partial charge in [0.15, 0.2) is 49.3 Å². The van der Waals surface area contributed by atoms with Gasteiger partial charge in [0.1, 0.15) is 97.7 Å². The molecule has 0 bridgehead atoms. The van der Waals surface area contributed by atoms with Crippen LogP contribution in [0.2, 0.25) is 0 Å². The van der Waals surface area contributed by atoms with Crippen molar-refractivity contribution >= 4 is 84.7 Å². The Balaban J connectivity index is 1.72. The number of methoxy groups -OCH3 is 9. The van der Waals surface area contributed by atoms with Gasteiger partial charge in [0.2, 0.25) is 5.60 Å². The third-order valence-electron chi connectivity index (χ3n) is 15.1. The maximum Gasteiger partial charge on any atom is 0.397 e. The largest absolute Gasteiger partial charge is 0.479 e. The number of hydrogen-bond donors (Lipinski definition) is 9. The van der Waals surface area contributed by atoms with Gasteiger partial charge in [0, 0.05) is 64.0 Å². The van der Waals surface area contributed by atoms with Crippen molar-refractivity contribution in [2.24, 2.45) is 0 Å². The van der Waals surface area contributed by atoms with Crippen molar-refractivity contribution in [1.29, 1.82) is 0 Å². The van der Waals surface area contributed by atoms with Crippen LogP contribution < -0.4 is 0 Å². The van der Waals surface area contributed by atoms with E-state index in [9.17, 15) is 111 Å². The fourth-order valence-corrected chi connectivity index (χ4v) is 14.1. The molecule has 0 spiro atoms. The van der Waals surface area contributed by atoms with Gasteiger partial charge in [-0.2, -0.15) is 58.9 Å². The van der Waals surface area contributed by atoms with Gasteiger partial charge < -0.3 is 95.5 Å². The van der Waals surface area contributed by atoms with Gasteiger partial charge in [0.05, 0.1) is 26.4 Å². The Morgan fingerprint density at radius 3 is 0.929 bits per heavy atom. The maximum atomic E-state index is 14.0. The molecule has 5 rings (SSSR count). The van der Waals surface area contributed by atoms with E-state index in [4.69, 9.17) is 93.6 Å². The molecule has 0 aliphatic carbocycles. The second kappa shape index (κ2) is 34.7. The lowest BCUT2D eigenvalue weighted by molar-refractivity contribution is -0.407. The summed E-state index contributed by atoms with van der Waals surface area (Å²) in [5, 5.41) is 22.4. The number of ether oxygens (including phenoxy) is 18. The predicted octanol–water partition coefficient (Wildman–Crippen LogP) is -6.92. The number of carbonyl (C=O) groups is 2. The number of aliphatic carboxylic acids is 2. The molecular formula is C42H72O50S7. The third kappa shape index (κ3) is 22.4. The smallest absolute Gasteiger partial charge is 0.397 e. The van der Waals surface area contributed by atoms with E-state index in [1.165, 1.54) is 0 Å². The van der Waals surface area contributed by atoms with Crippen LogP contribution in [-0.2, 0) is 197 Å². The first-order valence-corrected chi connectivity index (χ1v) is 36.7. The van der Waals surface area contributed by atoms with Gasteiger partial charge in [-0.15, -0.1) is 0 Å². The van der Waals surface area contributed by atoms with Crippen molar-refractivity contribution in [1.82, 2.24) is 0 Å². The molecule has 0 radical (unpaired) electrons. The topological polar surface area (TPSA) is 686 Å². The minimum atomic E-state index is -6.26. The van der Waals surface area contributed by atoms with Crippen molar-refractivity contribution in [3.63, 3.8) is 0 Å². The van der Waals surface area contributed by atoms with Gasteiger partial charge in [0.25, 0.3) is 0 Å². The molecule has 9 N–H and O–H groups in total. The zero-order chi connectivity index (χ0) is 75.1. The van der Waals surface area contributed by atoms with Crippen LogP contribution in [-0.4, -0.2) is 356 Å². The molecule has 0 aromatic heterocycles. The monoisotopic (exact) mass is 1600 g/mol. The highest BCUT2D eigenvalue weighted by Gasteiger charge is 2.68. The molecule has 5 aliphatic heterocycles. The molecule has 0 saturated carbocycles. The number of rotatable bonds is 38. The van der Waals surface area contributed by atoms with Crippen LogP contribution in [0, 0.1) is 0 Å². The van der Waals surface area contributed by atoms with Crippen molar-refractivity contribution in [2.75, 3.05) is 90.4 Å². The Hall–Kier alpha value is -2.69. The van der Waals surface area contributed by atoms with Crippen LogP contribution in [0.4, 0.5) is 0 Å². The summed E-state index contributed by atoms with van der Waals surface area (Å²) in [6.07, 6.45) is -55.5. The zero-order valence-corrected chi connectivity index (χ0v) is 58.2. The van der Waals surface area contributed by atoms with E-state index in [-0.39, 0.29) is 0 Å². The van der Waals surface area contributed by atoms with E-state index in [0.29, 0.717) is 14.2 Å². The standard InChI is InChI=1S/C42H72O50S7/c1-11-41(39(43)44)32(85-35-27(73-7)22(70-4)19(69-3)16(81-35)12-77-93(47,48)49)25(71-5)28(74-8)37(87-41)83-21-18(14-79-95(53,54)55)82-36(31(92-99(65,66)67)24(21)90-97(59,60)61)86-33-26(72-6)29(75-9)38(88-42(33,15-68-2)40(45)46)84-20-17(13-78-94(50,51)52)80-34(76-10)30(91-98(62,63)64)23(20)89-96(56,57)58/h16-38H,11-15H2,1-10H3,(H,43,44)(H,45,46)(H,47,48,49)(H,50,51,52)(H,53,54,55)(H,56,57,58)(H,59,60,61)(H,62,63,64)(H,65,66,67)/t16-,17+,18-,19-,20+,21-,22-,23+,24-,25+,26-,27+,28+,29+,30+,31+,32+,33+,34-,35-,36-,37-,38+,41+,42+/m0/s1. The summed E-state index contributed by atoms with van der Waals surface area (Å²) in [4.78, 5) is 27.9. The molecule has 5 heterocycles. The van der Waals surface area contributed by atoms with Gasteiger partial charge >= 0.3 is 84.7 Å². The van der Waals surface area contributed by atoms with E-state index in [1.807, 2.05) is 0 Å². The highest BCUT2D eigenvalue weighted by atomic mass is 32.3. The molecule has 57 heteroatoms. The summed E-state index contributed by atoms with van der Waals surface area (Å²) in [7, 11) is -32.9. The van der Waals surface area contributed by atoms with Gasteiger partial charge in [-0.3, -0.25) is 31.9 Å². The number of carboxylic acids is 2. The first-order chi connectivity index (χ1) is 45.6. The van der Waals surface area contributed by atoms with Crippen LogP contribution in [0.5, 0.6) is 0 Å². The minimum Gasteiger partial charge on any atom is -0.479 e. The molecule has 99 heavy (non-hydrogen) atoms. The van der Waals surface area contributed by atoms with E-state index in [2.05, 4.69) is 20.9 Å². The van der Waals surface area contributed by atoms with E-state index in [1.54, 1.807) is 0 Å². The SMILES string of the molecule is CC[C@@]1(C(=O)O)O[C@H](O[C@@H]2[C@H](OS(=O)(=O)O)[C@@H](OS(=O)(=O)O)[C@H](O[C@@H]3[C@@H](OC)[C@@H](OC)[C@H](O[C@H]4[C@@H](OS(=O)(=O)O)[C@@H](OS(=O)(=O)O)[C@@H](OC)O[C@@H]4COS(=O)(=O)O)O[C@@]3(COC)C(=O)O)O[C@H]2COS(=O)(=O)O)[C@H](OC)[C@@H](OC)[C@H]1O[C@@H]1O[C@@H](COS(=O)(=O)O)[C@H](OC)[C@H](OC)[C@H]1OC.